The van der Waals surface area contributed by atoms with E-state index < -0.39 is 5.41 Å². The Morgan fingerprint density at radius 3 is 2.72 bits per heavy atom. The highest BCUT2D eigenvalue weighted by atomic mass is 32.1. The smallest absolute Gasteiger partial charge is 0.228 e. The molecule has 0 aliphatic carbocycles. The fourth-order valence-corrected chi connectivity index (χ4v) is 5.20. The summed E-state index contributed by atoms with van der Waals surface area (Å²) in [5, 5.41) is 5.20. The van der Waals surface area contributed by atoms with E-state index in [1.54, 1.807) is 23.7 Å². The number of thiophene rings is 1. The SMILES string of the molecule is CC(C)NC(=O)[C@]1(Cc2ccccc2-c2cccs2)CCN(C(=O)Cc2cccnc2)C1. The first kappa shape index (κ1) is 22.2. The number of pyridine rings is 1. The van der Waals surface area contributed by atoms with E-state index in [9.17, 15) is 9.59 Å². The Kier molecular flexibility index (Phi) is 6.70. The minimum absolute atomic E-state index is 0.0326. The second kappa shape index (κ2) is 9.65. The summed E-state index contributed by atoms with van der Waals surface area (Å²) < 4.78 is 0. The van der Waals surface area contributed by atoms with E-state index >= 15 is 0 Å². The van der Waals surface area contributed by atoms with Gasteiger partial charge in [-0.05, 0) is 60.9 Å². The van der Waals surface area contributed by atoms with Gasteiger partial charge in [-0.25, -0.2) is 0 Å². The third-order valence-corrected chi connectivity index (χ3v) is 6.92. The Morgan fingerprint density at radius 1 is 1.16 bits per heavy atom. The molecule has 0 radical (unpaired) electrons. The molecule has 0 spiro atoms. The summed E-state index contributed by atoms with van der Waals surface area (Å²) in [6, 6.07) is 16.3. The number of rotatable bonds is 7. The highest BCUT2D eigenvalue weighted by Gasteiger charge is 2.46. The molecule has 2 aromatic heterocycles. The minimum Gasteiger partial charge on any atom is -0.353 e. The lowest BCUT2D eigenvalue weighted by atomic mass is 9.78. The summed E-state index contributed by atoms with van der Waals surface area (Å²) in [6.45, 7) is 4.98. The molecule has 1 N–H and O–H groups in total. The predicted molar refractivity (Wildman–Crippen MR) is 128 cm³/mol. The Balaban J connectivity index is 1.59. The summed E-state index contributed by atoms with van der Waals surface area (Å²) in [6.07, 6.45) is 5.00. The maximum absolute atomic E-state index is 13.4. The molecule has 3 heterocycles. The molecular formula is C26H29N3O2S. The largest absolute Gasteiger partial charge is 0.353 e. The maximum atomic E-state index is 13.4. The number of carbonyl (C=O) groups is 2. The molecule has 1 aromatic carbocycles. The Hall–Kier alpha value is -2.99. The van der Waals surface area contributed by atoms with Crippen LogP contribution in [0.15, 0.2) is 66.3 Å². The number of hydrogen-bond donors (Lipinski definition) is 1. The minimum atomic E-state index is -0.637. The highest BCUT2D eigenvalue weighted by Crippen LogP contribution is 2.38. The van der Waals surface area contributed by atoms with Crippen molar-refractivity contribution in [2.45, 2.75) is 39.2 Å². The van der Waals surface area contributed by atoms with Crippen molar-refractivity contribution >= 4 is 23.2 Å². The van der Waals surface area contributed by atoms with Gasteiger partial charge in [-0.1, -0.05) is 36.4 Å². The quantitative estimate of drug-likeness (QED) is 0.586. The normalized spacial score (nSPS) is 18.2. The molecule has 4 rings (SSSR count). The molecule has 1 fully saturated rings. The van der Waals surface area contributed by atoms with Crippen molar-refractivity contribution in [3.8, 4) is 10.4 Å². The van der Waals surface area contributed by atoms with Crippen LogP contribution in [0.1, 0.15) is 31.4 Å². The summed E-state index contributed by atoms with van der Waals surface area (Å²) in [5.74, 6) is 0.0777. The van der Waals surface area contributed by atoms with E-state index in [1.807, 2.05) is 49.1 Å². The molecule has 2 amide bonds. The first-order chi connectivity index (χ1) is 15.5. The van der Waals surface area contributed by atoms with Crippen molar-refractivity contribution in [2.24, 2.45) is 5.41 Å². The van der Waals surface area contributed by atoms with Crippen molar-refractivity contribution in [1.29, 1.82) is 0 Å². The third kappa shape index (κ3) is 4.91. The molecule has 1 aliphatic rings. The lowest BCUT2D eigenvalue weighted by Crippen LogP contribution is -2.47. The van der Waals surface area contributed by atoms with Gasteiger partial charge < -0.3 is 10.2 Å². The first-order valence-electron chi connectivity index (χ1n) is 11.1. The number of amides is 2. The van der Waals surface area contributed by atoms with E-state index in [2.05, 4.69) is 33.9 Å². The van der Waals surface area contributed by atoms with Crippen molar-refractivity contribution < 1.29 is 9.59 Å². The van der Waals surface area contributed by atoms with Gasteiger partial charge in [0.05, 0.1) is 11.8 Å². The number of nitrogens with one attached hydrogen (secondary N) is 1. The maximum Gasteiger partial charge on any atom is 0.228 e. The van der Waals surface area contributed by atoms with Gasteiger partial charge in [0.15, 0.2) is 0 Å². The van der Waals surface area contributed by atoms with Gasteiger partial charge in [0.25, 0.3) is 0 Å². The zero-order valence-electron chi connectivity index (χ0n) is 18.6. The first-order valence-corrected chi connectivity index (χ1v) is 11.9. The van der Waals surface area contributed by atoms with Crippen LogP contribution in [-0.4, -0.2) is 40.8 Å². The molecule has 32 heavy (non-hydrogen) atoms. The summed E-state index contributed by atoms with van der Waals surface area (Å²) in [5.41, 5.74) is 2.57. The van der Waals surface area contributed by atoms with Crippen molar-refractivity contribution in [3.05, 3.63) is 77.4 Å². The molecule has 166 valence electrons. The standard InChI is InChI=1S/C26H29N3O2S/c1-19(2)28-25(31)26(16-21-8-3-4-9-22(21)23-10-6-14-32-23)11-13-29(18-26)24(30)15-20-7-5-12-27-17-20/h3-10,12,14,17,19H,11,13,15-16,18H2,1-2H3,(H,28,31)/t26-/m0/s1. The monoisotopic (exact) mass is 447 g/mol. The van der Waals surface area contributed by atoms with E-state index in [1.165, 1.54) is 10.4 Å². The Morgan fingerprint density at radius 2 is 2.00 bits per heavy atom. The molecule has 0 saturated carbocycles. The summed E-state index contributed by atoms with van der Waals surface area (Å²) >= 11 is 1.70. The van der Waals surface area contributed by atoms with Crippen molar-refractivity contribution in [3.63, 3.8) is 0 Å². The number of aromatic nitrogens is 1. The molecule has 5 nitrogen and oxygen atoms in total. The van der Waals surface area contributed by atoms with Crippen LogP contribution in [0.5, 0.6) is 0 Å². The number of hydrogen-bond acceptors (Lipinski definition) is 4. The number of nitrogens with zero attached hydrogens (tertiary/aromatic N) is 2. The third-order valence-electron chi connectivity index (χ3n) is 6.02. The average Bonchev–Trinajstić information content (AvgIpc) is 3.46. The fourth-order valence-electron chi connectivity index (χ4n) is 4.41. The van der Waals surface area contributed by atoms with Gasteiger partial charge in [-0.3, -0.25) is 14.6 Å². The van der Waals surface area contributed by atoms with Crippen LogP contribution in [0, 0.1) is 5.41 Å². The number of likely N-dealkylation sites (tertiary alicyclic amines) is 1. The number of benzene rings is 1. The molecule has 1 atom stereocenters. The van der Waals surface area contributed by atoms with Gasteiger partial charge in [0.2, 0.25) is 11.8 Å². The molecule has 1 saturated heterocycles. The second-order valence-electron chi connectivity index (χ2n) is 8.82. The Labute approximate surface area is 193 Å². The molecular weight excluding hydrogens is 418 g/mol. The lowest BCUT2D eigenvalue weighted by Gasteiger charge is -2.30. The molecule has 1 aliphatic heterocycles. The topological polar surface area (TPSA) is 62.3 Å². The average molecular weight is 448 g/mol. The Bertz CT molecular complexity index is 1070. The van der Waals surface area contributed by atoms with Crippen LogP contribution in [0.3, 0.4) is 0 Å². The van der Waals surface area contributed by atoms with Crippen LogP contribution in [0.2, 0.25) is 0 Å². The van der Waals surface area contributed by atoms with Gasteiger partial charge in [-0.15, -0.1) is 11.3 Å². The summed E-state index contributed by atoms with van der Waals surface area (Å²) in [7, 11) is 0. The van der Waals surface area contributed by atoms with Gasteiger partial charge in [0, 0.05) is 36.4 Å². The van der Waals surface area contributed by atoms with Gasteiger partial charge >= 0.3 is 0 Å². The van der Waals surface area contributed by atoms with E-state index in [0.29, 0.717) is 32.4 Å². The second-order valence-corrected chi connectivity index (χ2v) is 9.77. The van der Waals surface area contributed by atoms with E-state index in [4.69, 9.17) is 0 Å². The van der Waals surface area contributed by atoms with E-state index in [-0.39, 0.29) is 17.9 Å². The fraction of sp³-hybridized carbons (Fsp3) is 0.346. The van der Waals surface area contributed by atoms with Crippen molar-refractivity contribution in [1.82, 2.24) is 15.2 Å². The van der Waals surface area contributed by atoms with Gasteiger partial charge in [-0.2, -0.15) is 0 Å². The predicted octanol–water partition coefficient (Wildman–Crippen LogP) is 4.34. The van der Waals surface area contributed by atoms with Crippen LogP contribution in [0.4, 0.5) is 0 Å². The summed E-state index contributed by atoms with van der Waals surface area (Å²) in [4.78, 5) is 33.6. The zero-order valence-corrected chi connectivity index (χ0v) is 19.4. The van der Waals surface area contributed by atoms with Crippen molar-refractivity contribution in [2.75, 3.05) is 13.1 Å². The molecule has 0 bridgehead atoms. The van der Waals surface area contributed by atoms with E-state index in [0.717, 1.165) is 11.1 Å². The zero-order chi connectivity index (χ0) is 22.6. The molecule has 6 heteroatoms. The van der Waals surface area contributed by atoms with Crippen LogP contribution < -0.4 is 5.32 Å². The molecule has 0 unspecified atom stereocenters. The highest BCUT2D eigenvalue weighted by molar-refractivity contribution is 7.13. The van der Waals surface area contributed by atoms with Crippen LogP contribution in [-0.2, 0) is 22.4 Å². The van der Waals surface area contributed by atoms with Crippen LogP contribution >= 0.6 is 11.3 Å². The van der Waals surface area contributed by atoms with Crippen LogP contribution in [0.25, 0.3) is 10.4 Å². The lowest BCUT2D eigenvalue weighted by molar-refractivity contribution is -0.133. The molecule has 3 aromatic rings. The number of carbonyl (C=O) groups excluding carboxylic acids is 2. The van der Waals surface area contributed by atoms with Gasteiger partial charge in [0.1, 0.15) is 0 Å².